The summed E-state index contributed by atoms with van der Waals surface area (Å²) in [4.78, 5) is 13.2. The molecule has 0 atom stereocenters. The molecule has 7 heteroatoms. The first-order valence-electron chi connectivity index (χ1n) is 9.00. The molecule has 2 aromatic rings. The first-order chi connectivity index (χ1) is 13.3. The maximum Gasteiger partial charge on any atom is 0.416 e. The van der Waals surface area contributed by atoms with Crippen molar-refractivity contribution >= 4 is 11.6 Å². The van der Waals surface area contributed by atoms with Crippen molar-refractivity contribution in [3.05, 3.63) is 65.2 Å². The van der Waals surface area contributed by atoms with Crippen LogP contribution in [0.25, 0.3) is 0 Å². The van der Waals surface area contributed by atoms with E-state index in [1.165, 1.54) is 6.07 Å². The number of alkyl halides is 3. The van der Waals surface area contributed by atoms with Crippen molar-refractivity contribution in [3.63, 3.8) is 0 Å². The molecule has 1 saturated heterocycles. The molecule has 0 saturated carbocycles. The number of halogens is 3. The van der Waals surface area contributed by atoms with Gasteiger partial charge in [-0.05, 0) is 42.2 Å². The first-order valence-corrected chi connectivity index (χ1v) is 9.00. The summed E-state index contributed by atoms with van der Waals surface area (Å²) in [5.74, 6) is -0.329. The van der Waals surface area contributed by atoms with Gasteiger partial charge in [-0.1, -0.05) is 30.3 Å². The zero-order valence-electron chi connectivity index (χ0n) is 15.5. The van der Waals surface area contributed by atoms with Crippen LogP contribution >= 0.6 is 0 Å². The third-order valence-electron chi connectivity index (χ3n) is 5.02. The van der Waals surface area contributed by atoms with Crippen LogP contribution in [0.3, 0.4) is 0 Å². The average Bonchev–Trinajstić information content (AvgIpc) is 2.68. The average molecular weight is 393 g/mol. The molecule has 1 N–H and O–H groups in total. The van der Waals surface area contributed by atoms with Crippen LogP contribution in [0, 0.1) is 0 Å². The van der Waals surface area contributed by atoms with Gasteiger partial charge in [0, 0.05) is 26.0 Å². The van der Waals surface area contributed by atoms with Crippen LogP contribution < -0.4 is 5.32 Å². The van der Waals surface area contributed by atoms with E-state index in [0.717, 1.165) is 17.7 Å². The lowest BCUT2D eigenvalue weighted by Gasteiger charge is -2.36. The Kier molecular flexibility index (Phi) is 6.05. The van der Waals surface area contributed by atoms with E-state index in [0.29, 0.717) is 43.9 Å². The molecule has 0 bridgehead atoms. The second kappa shape index (κ2) is 8.32. The maximum absolute atomic E-state index is 13.2. The van der Waals surface area contributed by atoms with E-state index in [-0.39, 0.29) is 5.91 Å². The standard InChI is InChI=1S/C21H22F3NO3/c1-27-14-15-4-2-7-18(12-15)25-19(26)20(8-10-28-11-9-20)16-5-3-6-17(13-16)21(22,23)24/h2-7,12-13H,8-11,14H2,1H3,(H,25,26). The van der Waals surface area contributed by atoms with E-state index >= 15 is 0 Å². The molecule has 0 spiro atoms. The predicted octanol–water partition coefficient (Wildman–Crippen LogP) is 4.54. The van der Waals surface area contributed by atoms with E-state index < -0.39 is 17.2 Å². The Hall–Kier alpha value is -2.38. The van der Waals surface area contributed by atoms with Crippen LogP contribution in [-0.2, 0) is 32.5 Å². The zero-order valence-corrected chi connectivity index (χ0v) is 15.5. The molecule has 0 unspecified atom stereocenters. The number of nitrogens with one attached hydrogen (secondary N) is 1. The van der Waals surface area contributed by atoms with Crippen LogP contribution in [0.1, 0.15) is 29.5 Å². The van der Waals surface area contributed by atoms with Crippen molar-refractivity contribution in [1.82, 2.24) is 0 Å². The number of rotatable bonds is 5. The topological polar surface area (TPSA) is 47.6 Å². The number of carbonyl (C=O) groups is 1. The normalized spacial score (nSPS) is 16.6. The molecule has 1 fully saturated rings. The fourth-order valence-corrected chi connectivity index (χ4v) is 3.52. The van der Waals surface area contributed by atoms with Crippen LogP contribution in [0.4, 0.5) is 18.9 Å². The summed E-state index contributed by atoms with van der Waals surface area (Å²) in [6.45, 7) is 1.02. The van der Waals surface area contributed by atoms with Crippen LogP contribution in [0.5, 0.6) is 0 Å². The number of methoxy groups -OCH3 is 1. The van der Waals surface area contributed by atoms with Gasteiger partial charge in [0.05, 0.1) is 17.6 Å². The first kappa shape index (κ1) is 20.4. The van der Waals surface area contributed by atoms with Gasteiger partial charge in [0.15, 0.2) is 0 Å². The Morgan fingerprint density at radius 3 is 2.54 bits per heavy atom. The Morgan fingerprint density at radius 2 is 1.86 bits per heavy atom. The van der Waals surface area contributed by atoms with E-state index in [2.05, 4.69) is 5.32 Å². The molecule has 150 valence electrons. The highest BCUT2D eigenvalue weighted by Crippen LogP contribution is 2.39. The highest BCUT2D eigenvalue weighted by molar-refractivity contribution is 5.99. The van der Waals surface area contributed by atoms with Gasteiger partial charge in [0.2, 0.25) is 5.91 Å². The van der Waals surface area contributed by atoms with Gasteiger partial charge >= 0.3 is 6.18 Å². The highest BCUT2D eigenvalue weighted by atomic mass is 19.4. The second-order valence-electron chi connectivity index (χ2n) is 6.86. The minimum absolute atomic E-state index is 0.313. The van der Waals surface area contributed by atoms with Crippen molar-refractivity contribution in [1.29, 1.82) is 0 Å². The van der Waals surface area contributed by atoms with Crippen molar-refractivity contribution < 1.29 is 27.4 Å². The number of benzene rings is 2. The molecule has 0 aliphatic carbocycles. The molecule has 2 aromatic carbocycles. The molecule has 0 radical (unpaired) electrons. The Morgan fingerprint density at radius 1 is 1.14 bits per heavy atom. The van der Waals surface area contributed by atoms with E-state index in [9.17, 15) is 18.0 Å². The summed E-state index contributed by atoms with van der Waals surface area (Å²) in [6.07, 6.45) is -3.83. The summed E-state index contributed by atoms with van der Waals surface area (Å²) < 4.78 is 50.0. The Balaban J connectivity index is 1.93. The number of hydrogen-bond donors (Lipinski definition) is 1. The fraction of sp³-hybridized carbons (Fsp3) is 0.381. The minimum atomic E-state index is -4.46. The largest absolute Gasteiger partial charge is 0.416 e. The molecule has 0 aromatic heterocycles. The number of amides is 1. The maximum atomic E-state index is 13.2. The lowest BCUT2D eigenvalue weighted by molar-refractivity contribution is -0.138. The molecule has 1 amide bonds. The summed E-state index contributed by atoms with van der Waals surface area (Å²) in [7, 11) is 1.58. The molecular formula is C21H22F3NO3. The van der Waals surface area contributed by atoms with Crippen molar-refractivity contribution in [2.45, 2.75) is 31.0 Å². The second-order valence-corrected chi connectivity index (χ2v) is 6.86. The minimum Gasteiger partial charge on any atom is -0.381 e. The molecule has 1 heterocycles. The van der Waals surface area contributed by atoms with Gasteiger partial charge in [-0.2, -0.15) is 13.2 Å². The SMILES string of the molecule is COCc1cccc(NC(=O)C2(c3cccc(C(F)(F)F)c3)CCOCC2)c1. The third kappa shape index (κ3) is 4.36. The van der Waals surface area contributed by atoms with Gasteiger partial charge in [-0.3, -0.25) is 4.79 Å². The van der Waals surface area contributed by atoms with Gasteiger partial charge in [-0.25, -0.2) is 0 Å². The molecule has 1 aliphatic rings. The highest BCUT2D eigenvalue weighted by Gasteiger charge is 2.43. The number of hydrogen-bond acceptors (Lipinski definition) is 3. The van der Waals surface area contributed by atoms with Crippen LogP contribution in [0.2, 0.25) is 0 Å². The number of ether oxygens (including phenoxy) is 2. The zero-order chi connectivity index (χ0) is 20.2. The van der Waals surface area contributed by atoms with Gasteiger partial charge in [0.25, 0.3) is 0 Å². The van der Waals surface area contributed by atoms with Crippen molar-refractivity contribution in [2.75, 3.05) is 25.6 Å². The molecule has 28 heavy (non-hydrogen) atoms. The summed E-state index contributed by atoms with van der Waals surface area (Å²) >= 11 is 0. The van der Waals surface area contributed by atoms with Crippen molar-refractivity contribution in [2.24, 2.45) is 0 Å². The van der Waals surface area contributed by atoms with E-state index in [4.69, 9.17) is 9.47 Å². The van der Waals surface area contributed by atoms with Crippen LogP contribution in [0.15, 0.2) is 48.5 Å². The van der Waals surface area contributed by atoms with Gasteiger partial charge in [0.1, 0.15) is 0 Å². The van der Waals surface area contributed by atoms with E-state index in [1.807, 2.05) is 6.07 Å². The fourth-order valence-electron chi connectivity index (χ4n) is 3.52. The quantitative estimate of drug-likeness (QED) is 0.811. The Bertz CT molecular complexity index is 830. The third-order valence-corrected chi connectivity index (χ3v) is 5.02. The number of anilines is 1. The summed E-state index contributed by atoms with van der Waals surface area (Å²) in [5.41, 5.74) is -0.00346. The predicted molar refractivity (Wildman–Crippen MR) is 99.0 cm³/mol. The molecule has 4 nitrogen and oxygen atoms in total. The van der Waals surface area contributed by atoms with Gasteiger partial charge < -0.3 is 14.8 Å². The number of carbonyl (C=O) groups excluding carboxylic acids is 1. The summed E-state index contributed by atoms with van der Waals surface area (Å²) in [5, 5.41) is 2.88. The molecule has 3 rings (SSSR count). The smallest absolute Gasteiger partial charge is 0.381 e. The Labute approximate surface area is 161 Å². The molecular weight excluding hydrogens is 371 g/mol. The van der Waals surface area contributed by atoms with E-state index in [1.54, 1.807) is 31.4 Å². The summed E-state index contributed by atoms with van der Waals surface area (Å²) in [6, 6.07) is 12.2. The van der Waals surface area contributed by atoms with Crippen LogP contribution in [-0.4, -0.2) is 26.2 Å². The monoisotopic (exact) mass is 393 g/mol. The lowest BCUT2D eigenvalue weighted by Crippen LogP contribution is -2.45. The van der Waals surface area contributed by atoms with Crippen molar-refractivity contribution in [3.8, 4) is 0 Å². The molecule has 1 aliphatic heterocycles. The van der Waals surface area contributed by atoms with Gasteiger partial charge in [-0.15, -0.1) is 0 Å². The lowest BCUT2D eigenvalue weighted by atomic mass is 9.73.